The second-order valence-corrected chi connectivity index (χ2v) is 5.15. The number of esters is 1. The summed E-state index contributed by atoms with van der Waals surface area (Å²) in [5, 5.41) is 11.1. The molecule has 1 aromatic carbocycles. The summed E-state index contributed by atoms with van der Waals surface area (Å²) in [6.45, 7) is 4.07. The normalized spacial score (nSPS) is 18.1. The maximum Gasteiger partial charge on any atom is 0.310 e. The Hall–Kier alpha value is -2.15. The smallest absolute Gasteiger partial charge is 0.310 e. The van der Waals surface area contributed by atoms with Crippen molar-refractivity contribution < 1.29 is 19.2 Å². The van der Waals surface area contributed by atoms with Crippen LogP contribution < -0.4 is 4.90 Å². The summed E-state index contributed by atoms with van der Waals surface area (Å²) in [5.74, 6) is -0.491. The van der Waals surface area contributed by atoms with Crippen molar-refractivity contribution in [2.24, 2.45) is 0 Å². The molecule has 1 atom stereocenters. The number of methoxy groups -OCH3 is 1. The Morgan fingerprint density at radius 1 is 1.55 bits per heavy atom. The van der Waals surface area contributed by atoms with E-state index in [2.05, 4.69) is 16.6 Å². The SMILES string of the molecule is CC[C@H]1COCCN1c1ccc([N+](=O)[O-])c(CC(=O)OC)c1. The fraction of sp³-hybridized carbons (Fsp3) is 0.533. The van der Waals surface area contributed by atoms with Crippen molar-refractivity contribution in [3.05, 3.63) is 33.9 Å². The third-order valence-corrected chi connectivity index (χ3v) is 3.85. The molecule has 1 heterocycles. The number of nitrogens with zero attached hydrogens (tertiary/aromatic N) is 2. The van der Waals surface area contributed by atoms with Crippen molar-refractivity contribution in [2.75, 3.05) is 31.8 Å². The van der Waals surface area contributed by atoms with Crippen LogP contribution in [0.15, 0.2) is 18.2 Å². The summed E-state index contributed by atoms with van der Waals surface area (Å²) in [5.41, 5.74) is 1.19. The van der Waals surface area contributed by atoms with Gasteiger partial charge in [-0.25, -0.2) is 0 Å². The van der Waals surface area contributed by atoms with E-state index in [9.17, 15) is 14.9 Å². The van der Waals surface area contributed by atoms with Crippen LogP contribution in [0.1, 0.15) is 18.9 Å². The first-order valence-electron chi connectivity index (χ1n) is 7.25. The van der Waals surface area contributed by atoms with Gasteiger partial charge in [0.15, 0.2) is 0 Å². The van der Waals surface area contributed by atoms with Crippen LogP contribution in [0, 0.1) is 10.1 Å². The second kappa shape index (κ2) is 7.22. The topological polar surface area (TPSA) is 81.9 Å². The molecule has 22 heavy (non-hydrogen) atoms. The van der Waals surface area contributed by atoms with E-state index in [1.165, 1.54) is 13.2 Å². The molecule has 0 aromatic heterocycles. The second-order valence-electron chi connectivity index (χ2n) is 5.15. The van der Waals surface area contributed by atoms with Gasteiger partial charge in [-0.2, -0.15) is 0 Å². The Balaban J connectivity index is 2.34. The highest BCUT2D eigenvalue weighted by Gasteiger charge is 2.24. The lowest BCUT2D eigenvalue weighted by Gasteiger charge is -2.37. The lowest BCUT2D eigenvalue weighted by atomic mass is 10.1. The first kappa shape index (κ1) is 16.2. The van der Waals surface area contributed by atoms with Crippen LogP contribution in [0.3, 0.4) is 0 Å². The van der Waals surface area contributed by atoms with Gasteiger partial charge >= 0.3 is 5.97 Å². The molecule has 0 unspecified atom stereocenters. The van der Waals surface area contributed by atoms with E-state index in [-0.39, 0.29) is 18.2 Å². The first-order chi connectivity index (χ1) is 10.6. The van der Waals surface area contributed by atoms with Crippen LogP contribution in [0.4, 0.5) is 11.4 Å². The number of hydrogen-bond acceptors (Lipinski definition) is 6. The molecule has 0 bridgehead atoms. The zero-order chi connectivity index (χ0) is 16.1. The summed E-state index contributed by atoms with van der Waals surface area (Å²) < 4.78 is 10.1. The lowest BCUT2D eigenvalue weighted by molar-refractivity contribution is -0.385. The average molecular weight is 308 g/mol. The molecule has 2 rings (SSSR count). The number of nitro benzene ring substituents is 1. The summed E-state index contributed by atoms with van der Waals surface area (Å²) >= 11 is 0. The predicted molar refractivity (Wildman–Crippen MR) is 81.1 cm³/mol. The minimum absolute atomic E-state index is 0.0598. The number of rotatable bonds is 5. The van der Waals surface area contributed by atoms with Gasteiger partial charge in [0.05, 0.1) is 37.7 Å². The number of benzene rings is 1. The maximum absolute atomic E-state index is 11.5. The third-order valence-electron chi connectivity index (χ3n) is 3.85. The van der Waals surface area contributed by atoms with Crippen molar-refractivity contribution in [3.63, 3.8) is 0 Å². The van der Waals surface area contributed by atoms with E-state index >= 15 is 0 Å². The maximum atomic E-state index is 11.5. The van der Waals surface area contributed by atoms with Crippen molar-refractivity contribution in [2.45, 2.75) is 25.8 Å². The van der Waals surface area contributed by atoms with E-state index in [1.807, 2.05) is 0 Å². The number of ether oxygens (including phenoxy) is 2. The number of morpholine rings is 1. The zero-order valence-electron chi connectivity index (χ0n) is 12.8. The van der Waals surface area contributed by atoms with E-state index in [1.54, 1.807) is 12.1 Å². The Morgan fingerprint density at radius 2 is 2.32 bits per heavy atom. The molecule has 0 amide bonds. The van der Waals surface area contributed by atoms with Gasteiger partial charge < -0.3 is 14.4 Å². The highest BCUT2D eigenvalue weighted by atomic mass is 16.6. The van der Waals surface area contributed by atoms with Gasteiger partial charge in [-0.3, -0.25) is 14.9 Å². The fourth-order valence-electron chi connectivity index (χ4n) is 2.63. The quantitative estimate of drug-likeness (QED) is 0.469. The first-order valence-corrected chi connectivity index (χ1v) is 7.25. The highest BCUT2D eigenvalue weighted by molar-refractivity contribution is 5.75. The molecular weight excluding hydrogens is 288 g/mol. The lowest BCUT2D eigenvalue weighted by Crippen LogP contribution is -2.45. The molecule has 0 radical (unpaired) electrons. The molecule has 1 aromatic rings. The number of carbonyl (C=O) groups is 1. The van der Waals surface area contributed by atoms with Crippen LogP contribution in [0.5, 0.6) is 0 Å². The third kappa shape index (κ3) is 3.54. The standard InChI is InChI=1S/C15H20N2O5/c1-3-12-10-22-7-6-16(12)13-4-5-14(17(19)20)11(8-13)9-15(18)21-2/h4-5,8,12H,3,6-7,9-10H2,1-2H3/t12-/m0/s1. The van der Waals surface area contributed by atoms with Crippen molar-refractivity contribution in [1.29, 1.82) is 0 Å². The van der Waals surface area contributed by atoms with Gasteiger partial charge in [0.2, 0.25) is 0 Å². The van der Waals surface area contributed by atoms with Gasteiger partial charge in [-0.15, -0.1) is 0 Å². The molecule has 0 aliphatic carbocycles. The number of hydrogen-bond donors (Lipinski definition) is 0. The molecule has 0 N–H and O–H groups in total. The molecule has 1 aliphatic rings. The molecule has 7 nitrogen and oxygen atoms in total. The van der Waals surface area contributed by atoms with E-state index < -0.39 is 10.9 Å². The van der Waals surface area contributed by atoms with Crippen molar-refractivity contribution >= 4 is 17.3 Å². The number of nitro groups is 1. The van der Waals surface area contributed by atoms with Crippen molar-refractivity contribution in [1.82, 2.24) is 0 Å². The van der Waals surface area contributed by atoms with Gasteiger partial charge in [0.1, 0.15) is 0 Å². The van der Waals surface area contributed by atoms with Crippen LogP contribution >= 0.6 is 0 Å². The van der Waals surface area contributed by atoms with Gasteiger partial charge in [-0.1, -0.05) is 6.92 Å². The van der Waals surface area contributed by atoms with Crippen LogP contribution in [-0.4, -0.2) is 43.8 Å². The summed E-state index contributed by atoms with van der Waals surface area (Å²) in [6.07, 6.45) is 0.811. The molecule has 0 saturated carbocycles. The Bertz CT molecular complexity index is 561. The molecule has 0 spiro atoms. The Morgan fingerprint density at radius 3 is 2.95 bits per heavy atom. The molecule has 1 aliphatic heterocycles. The van der Waals surface area contributed by atoms with Crippen LogP contribution in [0.25, 0.3) is 0 Å². The van der Waals surface area contributed by atoms with E-state index in [0.29, 0.717) is 18.8 Å². The van der Waals surface area contributed by atoms with Crippen molar-refractivity contribution in [3.8, 4) is 0 Å². The molecule has 7 heteroatoms. The largest absolute Gasteiger partial charge is 0.469 e. The van der Waals surface area contributed by atoms with Gasteiger partial charge in [0, 0.05) is 23.9 Å². The number of anilines is 1. The summed E-state index contributed by atoms with van der Waals surface area (Å²) in [6, 6.07) is 5.13. The molecule has 1 fully saturated rings. The predicted octanol–water partition coefficient (Wildman–Crippen LogP) is 1.93. The average Bonchev–Trinajstić information content (AvgIpc) is 2.54. The summed E-state index contributed by atoms with van der Waals surface area (Å²) in [4.78, 5) is 24.3. The number of carbonyl (C=O) groups excluding carboxylic acids is 1. The van der Waals surface area contributed by atoms with Crippen LogP contribution in [0.2, 0.25) is 0 Å². The minimum Gasteiger partial charge on any atom is -0.469 e. The molecule has 120 valence electrons. The van der Waals surface area contributed by atoms with E-state index in [0.717, 1.165) is 18.7 Å². The molecular formula is C15H20N2O5. The fourth-order valence-corrected chi connectivity index (χ4v) is 2.63. The van der Waals surface area contributed by atoms with E-state index in [4.69, 9.17) is 4.74 Å². The molecule has 1 saturated heterocycles. The van der Waals surface area contributed by atoms with Gasteiger partial charge in [0.25, 0.3) is 5.69 Å². The highest BCUT2D eigenvalue weighted by Crippen LogP contribution is 2.28. The minimum atomic E-state index is -0.491. The Kier molecular flexibility index (Phi) is 5.32. The van der Waals surface area contributed by atoms with Gasteiger partial charge in [-0.05, 0) is 18.6 Å². The summed E-state index contributed by atoms with van der Waals surface area (Å²) in [7, 11) is 1.27. The Labute approximate surface area is 129 Å². The zero-order valence-corrected chi connectivity index (χ0v) is 12.8. The monoisotopic (exact) mass is 308 g/mol. The van der Waals surface area contributed by atoms with Crippen LogP contribution in [-0.2, 0) is 20.7 Å².